The number of aryl methyl sites for hydroxylation is 4. The van der Waals surface area contributed by atoms with Gasteiger partial charge in [0.05, 0.1) is 6.61 Å². The Balaban J connectivity index is 1.74. The third-order valence-corrected chi connectivity index (χ3v) is 7.36. The zero-order chi connectivity index (χ0) is 24.3. The molecule has 0 aliphatic heterocycles. The maximum absolute atomic E-state index is 10.9. The molecule has 2 aromatic carbocycles. The van der Waals surface area contributed by atoms with Crippen molar-refractivity contribution in [3.63, 3.8) is 0 Å². The molecule has 1 unspecified atom stereocenters. The molecule has 0 aromatic heterocycles. The van der Waals surface area contributed by atoms with Crippen LogP contribution in [0.25, 0.3) is 0 Å². The number of ether oxygens (including phenoxy) is 1. The van der Waals surface area contributed by atoms with Crippen molar-refractivity contribution in [2.24, 2.45) is 5.92 Å². The van der Waals surface area contributed by atoms with Crippen molar-refractivity contribution in [1.82, 2.24) is 0 Å². The second-order valence-electron chi connectivity index (χ2n) is 9.57. The van der Waals surface area contributed by atoms with Gasteiger partial charge in [-0.1, -0.05) is 56.5 Å². The Hall–Kier alpha value is -1.61. The lowest BCUT2D eigenvalue weighted by Gasteiger charge is -2.18. The summed E-state index contributed by atoms with van der Waals surface area (Å²) in [6.07, 6.45) is 9.15. The van der Waals surface area contributed by atoms with Crippen LogP contribution in [0, 0.1) is 26.7 Å². The normalized spacial score (nSPS) is 12.7. The van der Waals surface area contributed by atoms with Crippen LogP contribution in [0.15, 0.2) is 36.4 Å². The molecule has 0 aliphatic rings. The molecule has 0 amide bonds. The molecule has 4 nitrogen and oxygen atoms in total. The van der Waals surface area contributed by atoms with Crippen LogP contribution >= 0.6 is 7.60 Å². The highest BCUT2D eigenvalue weighted by Gasteiger charge is 2.12. The minimum Gasteiger partial charge on any atom is -0.493 e. The monoisotopic (exact) mass is 474 g/mol. The van der Waals surface area contributed by atoms with Gasteiger partial charge in [0.25, 0.3) is 0 Å². The molecule has 0 aliphatic carbocycles. The van der Waals surface area contributed by atoms with E-state index < -0.39 is 7.60 Å². The van der Waals surface area contributed by atoms with Gasteiger partial charge >= 0.3 is 7.60 Å². The lowest BCUT2D eigenvalue weighted by Crippen LogP contribution is -2.08. The molecule has 0 saturated heterocycles. The van der Waals surface area contributed by atoms with Crippen molar-refractivity contribution in [3.8, 4) is 5.75 Å². The Morgan fingerprint density at radius 1 is 0.848 bits per heavy atom. The first-order chi connectivity index (χ1) is 15.7. The van der Waals surface area contributed by atoms with Gasteiger partial charge in [0.2, 0.25) is 0 Å². The standard InChI is InChI=1S/C28H43O4P/c1-5-10-25(21-27-14-13-22(2)23(3)19-27)12-9-17-32-28-16-15-26(20-24(28)4)11-7-6-8-18-33(29,30)31/h13-16,19-20,25H,5-12,17-18,21H2,1-4H3,(H2,29,30,31). The molecule has 0 radical (unpaired) electrons. The topological polar surface area (TPSA) is 66.8 Å². The number of benzene rings is 2. The lowest BCUT2D eigenvalue weighted by atomic mass is 9.90. The fraction of sp³-hybridized carbons (Fsp3) is 0.571. The minimum atomic E-state index is -3.85. The summed E-state index contributed by atoms with van der Waals surface area (Å²) in [5.41, 5.74) is 6.60. The molecule has 2 N–H and O–H groups in total. The zero-order valence-electron chi connectivity index (χ0n) is 21.0. The second kappa shape index (κ2) is 13.9. The Morgan fingerprint density at radius 2 is 1.58 bits per heavy atom. The fourth-order valence-electron chi connectivity index (χ4n) is 4.43. The summed E-state index contributed by atoms with van der Waals surface area (Å²) >= 11 is 0. The molecule has 1 atom stereocenters. The molecule has 0 fully saturated rings. The lowest BCUT2D eigenvalue weighted by molar-refractivity contribution is 0.286. The van der Waals surface area contributed by atoms with Gasteiger partial charge in [0, 0.05) is 6.16 Å². The van der Waals surface area contributed by atoms with Crippen molar-refractivity contribution in [1.29, 1.82) is 0 Å². The van der Waals surface area contributed by atoms with Gasteiger partial charge in [0.1, 0.15) is 5.75 Å². The molecular formula is C28H43O4P. The van der Waals surface area contributed by atoms with Crippen molar-refractivity contribution in [2.75, 3.05) is 12.8 Å². The van der Waals surface area contributed by atoms with E-state index in [9.17, 15) is 4.57 Å². The van der Waals surface area contributed by atoms with Gasteiger partial charge in [-0.2, -0.15) is 0 Å². The van der Waals surface area contributed by atoms with Crippen molar-refractivity contribution < 1.29 is 19.1 Å². The van der Waals surface area contributed by atoms with Crippen LogP contribution in [0.5, 0.6) is 5.75 Å². The first-order valence-electron chi connectivity index (χ1n) is 12.5. The molecule has 0 bridgehead atoms. The predicted octanol–water partition coefficient (Wildman–Crippen LogP) is 7.32. The first-order valence-corrected chi connectivity index (χ1v) is 14.3. The molecule has 0 heterocycles. The summed E-state index contributed by atoms with van der Waals surface area (Å²) in [7, 11) is -3.85. The second-order valence-corrected chi connectivity index (χ2v) is 11.3. The van der Waals surface area contributed by atoms with Crippen LogP contribution < -0.4 is 4.74 Å². The molecule has 5 heteroatoms. The molecule has 0 saturated carbocycles. The first kappa shape index (κ1) is 27.6. The summed E-state index contributed by atoms with van der Waals surface area (Å²) in [6.45, 7) is 9.47. The van der Waals surface area contributed by atoms with Crippen LogP contribution in [-0.4, -0.2) is 22.6 Å². The largest absolute Gasteiger partial charge is 0.493 e. The summed E-state index contributed by atoms with van der Waals surface area (Å²) in [6, 6.07) is 13.2. The van der Waals surface area contributed by atoms with E-state index in [0.29, 0.717) is 12.3 Å². The Bertz CT molecular complexity index is 903. The van der Waals surface area contributed by atoms with Crippen molar-refractivity contribution in [3.05, 3.63) is 64.2 Å². The highest BCUT2D eigenvalue weighted by Crippen LogP contribution is 2.35. The van der Waals surface area contributed by atoms with E-state index in [4.69, 9.17) is 14.5 Å². The predicted molar refractivity (Wildman–Crippen MR) is 138 cm³/mol. The van der Waals surface area contributed by atoms with E-state index in [-0.39, 0.29) is 6.16 Å². The smallest absolute Gasteiger partial charge is 0.325 e. The van der Waals surface area contributed by atoms with E-state index >= 15 is 0 Å². The van der Waals surface area contributed by atoms with Gasteiger partial charge in [0.15, 0.2) is 0 Å². The third-order valence-electron chi connectivity index (χ3n) is 6.46. The van der Waals surface area contributed by atoms with E-state index in [0.717, 1.165) is 50.0 Å². The summed E-state index contributed by atoms with van der Waals surface area (Å²) < 4.78 is 17.0. The number of unbranched alkanes of at least 4 members (excludes halogenated alkanes) is 2. The average Bonchev–Trinajstić information content (AvgIpc) is 2.74. The maximum atomic E-state index is 10.9. The van der Waals surface area contributed by atoms with Gasteiger partial charge < -0.3 is 14.5 Å². The quantitative estimate of drug-likeness (QED) is 0.210. The van der Waals surface area contributed by atoms with Gasteiger partial charge in [-0.3, -0.25) is 4.57 Å². The Labute approximate surface area is 200 Å². The SMILES string of the molecule is CCCC(CCCOc1ccc(CCCCCP(=O)(O)O)cc1C)Cc1ccc(C)c(C)c1. The number of rotatable bonds is 15. The molecule has 2 rings (SSSR count). The highest BCUT2D eigenvalue weighted by molar-refractivity contribution is 7.51. The summed E-state index contributed by atoms with van der Waals surface area (Å²) in [5, 5.41) is 0. The fourth-order valence-corrected chi connectivity index (χ4v) is 5.06. The van der Waals surface area contributed by atoms with Gasteiger partial charge in [-0.25, -0.2) is 0 Å². The van der Waals surface area contributed by atoms with Crippen LogP contribution in [0.1, 0.15) is 79.7 Å². The van der Waals surface area contributed by atoms with Gasteiger partial charge in [-0.15, -0.1) is 0 Å². The molecule has 184 valence electrons. The van der Waals surface area contributed by atoms with E-state index in [1.54, 1.807) is 0 Å². The minimum absolute atomic E-state index is 0.0113. The van der Waals surface area contributed by atoms with E-state index in [2.05, 4.69) is 64.1 Å². The molecule has 2 aromatic rings. The number of hydrogen-bond donors (Lipinski definition) is 2. The van der Waals surface area contributed by atoms with Crippen LogP contribution in [-0.2, 0) is 17.4 Å². The molecule has 0 spiro atoms. The Morgan fingerprint density at radius 3 is 2.24 bits per heavy atom. The third kappa shape index (κ3) is 10.9. The maximum Gasteiger partial charge on any atom is 0.325 e. The van der Waals surface area contributed by atoms with Crippen molar-refractivity contribution >= 4 is 7.60 Å². The molecular weight excluding hydrogens is 431 g/mol. The zero-order valence-corrected chi connectivity index (χ0v) is 21.9. The van der Waals surface area contributed by atoms with E-state index in [1.165, 1.54) is 41.5 Å². The summed E-state index contributed by atoms with van der Waals surface area (Å²) in [4.78, 5) is 17.9. The van der Waals surface area contributed by atoms with Crippen LogP contribution in [0.3, 0.4) is 0 Å². The average molecular weight is 475 g/mol. The number of hydrogen-bond acceptors (Lipinski definition) is 2. The van der Waals surface area contributed by atoms with Crippen LogP contribution in [0.2, 0.25) is 0 Å². The van der Waals surface area contributed by atoms with Crippen LogP contribution in [0.4, 0.5) is 0 Å². The molecule has 33 heavy (non-hydrogen) atoms. The Kier molecular flexibility index (Phi) is 11.7. The highest BCUT2D eigenvalue weighted by atomic mass is 31.2. The van der Waals surface area contributed by atoms with Crippen molar-refractivity contribution in [2.45, 2.75) is 85.5 Å². The van der Waals surface area contributed by atoms with E-state index in [1.807, 2.05) is 0 Å². The summed E-state index contributed by atoms with van der Waals surface area (Å²) in [5.74, 6) is 1.66. The van der Waals surface area contributed by atoms with Gasteiger partial charge in [-0.05, 0) is 99.1 Å².